The largest absolute Gasteiger partial charge is 0.507 e. The lowest BCUT2D eigenvalue weighted by molar-refractivity contribution is 0.0503. The van der Waals surface area contributed by atoms with Gasteiger partial charge >= 0.3 is 5.97 Å². The minimum atomic E-state index is -0.811. The Bertz CT molecular complexity index is 1010. The van der Waals surface area contributed by atoms with Gasteiger partial charge < -0.3 is 14.8 Å². The second-order valence-electron chi connectivity index (χ2n) is 5.21. The number of aliphatic hydroxyl groups is 1. The quantitative estimate of drug-likeness (QED) is 0.389. The molecule has 2 aromatic carbocycles. The number of esters is 1. The first-order chi connectivity index (χ1) is 12.5. The van der Waals surface area contributed by atoms with Crippen LogP contribution >= 0.6 is 23.2 Å². The highest BCUT2D eigenvalue weighted by Gasteiger charge is 2.19. The summed E-state index contributed by atoms with van der Waals surface area (Å²) in [7, 11) is 0. The molecule has 0 aliphatic heterocycles. The number of aromatic nitrogens is 2. The molecule has 1 heterocycles. The van der Waals surface area contributed by atoms with E-state index < -0.39 is 18.3 Å². The van der Waals surface area contributed by atoms with E-state index in [2.05, 4.69) is 9.97 Å². The number of H-pyrrole nitrogens is 1. The Morgan fingerprint density at radius 1 is 1.19 bits per heavy atom. The number of allylic oxidation sites excluding steroid dienone is 1. The fourth-order valence-electron chi connectivity index (χ4n) is 2.30. The van der Waals surface area contributed by atoms with E-state index in [-0.39, 0.29) is 27.0 Å². The smallest absolute Gasteiger partial charge is 0.341 e. The summed E-state index contributed by atoms with van der Waals surface area (Å²) in [4.78, 5) is 19.3. The van der Waals surface area contributed by atoms with E-state index in [0.29, 0.717) is 11.0 Å². The van der Waals surface area contributed by atoms with E-state index in [4.69, 9.17) is 27.9 Å². The molecule has 0 fully saturated rings. The molecule has 0 aliphatic carbocycles. The van der Waals surface area contributed by atoms with Gasteiger partial charge in [-0.25, -0.2) is 9.78 Å². The van der Waals surface area contributed by atoms with Crippen molar-refractivity contribution in [1.29, 1.82) is 5.26 Å². The molecule has 0 radical (unpaired) electrons. The van der Waals surface area contributed by atoms with Gasteiger partial charge in [-0.05, 0) is 24.3 Å². The van der Waals surface area contributed by atoms with E-state index in [0.717, 1.165) is 0 Å². The number of carbonyl (C=O) groups is 1. The number of nitrogens with zero attached hydrogens (tertiary/aromatic N) is 2. The van der Waals surface area contributed by atoms with Crippen molar-refractivity contribution in [2.75, 3.05) is 6.61 Å². The second-order valence-corrected chi connectivity index (χ2v) is 6.02. The SMILES string of the molecule is N#CC(=C(O)COC(=O)c1c(Cl)cccc1Cl)c1nc2ccccc2[nH]1. The Labute approximate surface area is 158 Å². The highest BCUT2D eigenvalue weighted by Crippen LogP contribution is 2.25. The van der Waals surface area contributed by atoms with Gasteiger partial charge in [-0.2, -0.15) is 5.26 Å². The Morgan fingerprint density at radius 2 is 1.88 bits per heavy atom. The predicted octanol–water partition coefficient (Wildman–Crippen LogP) is 4.52. The second kappa shape index (κ2) is 7.48. The summed E-state index contributed by atoms with van der Waals surface area (Å²) in [6.45, 7) is -0.527. The Hall–Kier alpha value is -3.01. The molecule has 0 aliphatic rings. The van der Waals surface area contributed by atoms with Crippen molar-refractivity contribution in [3.63, 3.8) is 0 Å². The number of nitrogens with one attached hydrogen (secondary N) is 1. The number of aliphatic hydroxyl groups excluding tert-OH is 1. The van der Waals surface area contributed by atoms with Gasteiger partial charge in [0, 0.05) is 0 Å². The van der Waals surface area contributed by atoms with Gasteiger partial charge in [-0.1, -0.05) is 41.4 Å². The topological polar surface area (TPSA) is 99.0 Å². The summed E-state index contributed by atoms with van der Waals surface area (Å²) in [5.74, 6) is -1.07. The molecule has 8 heteroatoms. The molecule has 3 rings (SSSR count). The maximum Gasteiger partial charge on any atom is 0.341 e. The number of para-hydroxylation sites is 2. The van der Waals surface area contributed by atoms with Gasteiger partial charge in [-0.3, -0.25) is 0 Å². The van der Waals surface area contributed by atoms with Crippen molar-refractivity contribution < 1.29 is 14.6 Å². The van der Waals surface area contributed by atoms with Crippen LogP contribution in [-0.2, 0) is 4.74 Å². The Morgan fingerprint density at radius 3 is 2.54 bits per heavy atom. The third-order valence-electron chi connectivity index (χ3n) is 3.53. The standard InChI is InChI=1S/C18H11Cl2N3O3/c19-11-4-3-5-12(20)16(11)18(25)26-9-15(24)10(8-21)17-22-13-6-1-2-7-14(13)23-17/h1-7,24H,9H2,(H,22,23). The van der Waals surface area contributed by atoms with Crippen molar-refractivity contribution in [3.05, 3.63) is 69.7 Å². The van der Waals surface area contributed by atoms with Crippen molar-refractivity contribution in [2.45, 2.75) is 0 Å². The summed E-state index contributed by atoms with van der Waals surface area (Å²) in [5, 5.41) is 19.8. The molecule has 130 valence electrons. The molecule has 6 nitrogen and oxygen atoms in total. The van der Waals surface area contributed by atoms with Crippen LogP contribution in [0.2, 0.25) is 10.0 Å². The summed E-state index contributed by atoms with van der Waals surface area (Å²) in [6, 6.07) is 13.6. The average Bonchev–Trinajstić information content (AvgIpc) is 3.04. The number of nitriles is 1. The zero-order chi connectivity index (χ0) is 18.7. The fourth-order valence-corrected chi connectivity index (χ4v) is 2.85. The molecule has 0 saturated heterocycles. The first kappa shape index (κ1) is 17.8. The van der Waals surface area contributed by atoms with E-state index in [9.17, 15) is 15.2 Å². The first-order valence-electron chi connectivity index (χ1n) is 7.39. The number of ether oxygens (including phenoxy) is 1. The summed E-state index contributed by atoms with van der Waals surface area (Å²) in [6.07, 6.45) is 0. The number of aromatic amines is 1. The number of fused-ring (bicyclic) bond motifs is 1. The van der Waals surface area contributed by atoms with Crippen molar-refractivity contribution in [1.82, 2.24) is 9.97 Å². The Balaban J connectivity index is 1.83. The molecular formula is C18H11Cl2N3O3. The van der Waals surface area contributed by atoms with Gasteiger partial charge in [0.25, 0.3) is 0 Å². The van der Waals surface area contributed by atoms with E-state index in [1.807, 2.05) is 12.1 Å². The molecule has 1 aromatic heterocycles. The fraction of sp³-hybridized carbons (Fsp3) is 0.0556. The van der Waals surface area contributed by atoms with Gasteiger partial charge in [0.2, 0.25) is 0 Å². The predicted molar refractivity (Wildman–Crippen MR) is 98.0 cm³/mol. The lowest BCUT2D eigenvalue weighted by Gasteiger charge is -2.08. The normalized spacial score (nSPS) is 11.7. The molecule has 0 spiro atoms. The lowest BCUT2D eigenvalue weighted by Crippen LogP contribution is -2.10. The molecule has 0 atom stereocenters. The van der Waals surface area contributed by atoms with Crippen molar-refractivity contribution in [3.8, 4) is 6.07 Å². The lowest BCUT2D eigenvalue weighted by atomic mass is 10.2. The summed E-state index contributed by atoms with van der Waals surface area (Å²) in [5.41, 5.74) is 1.22. The molecule has 2 N–H and O–H groups in total. The van der Waals surface area contributed by atoms with E-state index in [1.54, 1.807) is 24.3 Å². The van der Waals surface area contributed by atoms with Crippen LogP contribution in [-0.4, -0.2) is 27.7 Å². The number of hydrogen-bond donors (Lipinski definition) is 2. The monoisotopic (exact) mass is 387 g/mol. The molecule has 0 unspecified atom stereocenters. The number of imidazole rings is 1. The number of rotatable bonds is 4. The zero-order valence-electron chi connectivity index (χ0n) is 13.2. The minimum absolute atomic E-state index is 0.00845. The van der Waals surface area contributed by atoms with Gasteiger partial charge in [-0.15, -0.1) is 0 Å². The van der Waals surface area contributed by atoms with Crippen LogP contribution in [0.15, 0.2) is 48.2 Å². The zero-order valence-corrected chi connectivity index (χ0v) is 14.7. The van der Waals surface area contributed by atoms with Gasteiger partial charge in [0.05, 0.1) is 26.6 Å². The molecular weight excluding hydrogens is 377 g/mol. The van der Waals surface area contributed by atoms with Gasteiger partial charge in [0.15, 0.2) is 11.6 Å². The molecule has 0 bridgehead atoms. The van der Waals surface area contributed by atoms with Crippen LogP contribution in [0.3, 0.4) is 0 Å². The van der Waals surface area contributed by atoms with Crippen LogP contribution in [0.1, 0.15) is 16.2 Å². The third kappa shape index (κ3) is 3.49. The first-order valence-corrected chi connectivity index (χ1v) is 8.15. The molecule has 3 aromatic rings. The average molecular weight is 388 g/mol. The summed E-state index contributed by atoms with van der Waals surface area (Å²) < 4.78 is 5.02. The molecule has 26 heavy (non-hydrogen) atoms. The number of benzene rings is 2. The maximum atomic E-state index is 12.1. The van der Waals surface area contributed by atoms with Crippen LogP contribution in [0, 0.1) is 11.3 Å². The van der Waals surface area contributed by atoms with Crippen LogP contribution < -0.4 is 0 Å². The van der Waals surface area contributed by atoms with E-state index in [1.165, 1.54) is 12.1 Å². The highest BCUT2D eigenvalue weighted by atomic mass is 35.5. The van der Waals surface area contributed by atoms with Crippen LogP contribution in [0.4, 0.5) is 0 Å². The third-order valence-corrected chi connectivity index (χ3v) is 4.16. The highest BCUT2D eigenvalue weighted by molar-refractivity contribution is 6.39. The van der Waals surface area contributed by atoms with Gasteiger partial charge in [0.1, 0.15) is 18.2 Å². The number of hydrogen-bond acceptors (Lipinski definition) is 5. The summed E-state index contributed by atoms with van der Waals surface area (Å²) >= 11 is 11.9. The molecule has 0 saturated carbocycles. The van der Waals surface area contributed by atoms with Crippen LogP contribution in [0.5, 0.6) is 0 Å². The number of carbonyl (C=O) groups excluding carboxylic acids is 1. The number of halogens is 2. The molecule has 0 amide bonds. The van der Waals surface area contributed by atoms with Crippen molar-refractivity contribution in [2.24, 2.45) is 0 Å². The maximum absolute atomic E-state index is 12.1. The minimum Gasteiger partial charge on any atom is -0.507 e. The van der Waals surface area contributed by atoms with Crippen molar-refractivity contribution >= 4 is 45.8 Å². The van der Waals surface area contributed by atoms with E-state index >= 15 is 0 Å². The Kier molecular flexibility index (Phi) is 5.12. The van der Waals surface area contributed by atoms with Crippen LogP contribution in [0.25, 0.3) is 16.6 Å².